The molecule has 0 aromatic heterocycles. The van der Waals surface area contributed by atoms with Crippen LogP contribution in [0.1, 0.15) is 25.8 Å². The van der Waals surface area contributed by atoms with Crippen LogP contribution in [-0.2, 0) is 15.7 Å². The van der Waals surface area contributed by atoms with Crippen molar-refractivity contribution in [1.29, 1.82) is 0 Å². The standard InChI is InChI=1S/C13H15F3INO2/c1-8(2)20-6-5-12(19)18-11-7-9(13(14,15)16)3-4-10(11)17/h3-4,7-8H,5-6H2,1-2H3,(H,18,19). The highest BCUT2D eigenvalue weighted by Gasteiger charge is 2.31. The van der Waals surface area contributed by atoms with Gasteiger partial charge in [0.15, 0.2) is 0 Å². The first kappa shape index (κ1) is 17.2. The number of anilines is 1. The minimum Gasteiger partial charge on any atom is -0.378 e. The highest BCUT2D eigenvalue weighted by Crippen LogP contribution is 2.32. The molecule has 0 spiro atoms. The fraction of sp³-hybridized carbons (Fsp3) is 0.462. The van der Waals surface area contributed by atoms with Crippen molar-refractivity contribution in [3.8, 4) is 0 Å². The lowest BCUT2D eigenvalue weighted by Gasteiger charge is -2.12. The van der Waals surface area contributed by atoms with Gasteiger partial charge in [-0.25, -0.2) is 0 Å². The van der Waals surface area contributed by atoms with Crippen molar-refractivity contribution in [2.24, 2.45) is 0 Å². The number of alkyl halides is 3. The molecule has 3 nitrogen and oxygen atoms in total. The largest absolute Gasteiger partial charge is 0.416 e. The lowest BCUT2D eigenvalue weighted by molar-refractivity contribution is -0.137. The van der Waals surface area contributed by atoms with Crippen molar-refractivity contribution in [2.75, 3.05) is 11.9 Å². The summed E-state index contributed by atoms with van der Waals surface area (Å²) in [4.78, 5) is 11.6. The van der Waals surface area contributed by atoms with E-state index in [0.717, 1.165) is 12.1 Å². The lowest BCUT2D eigenvalue weighted by Crippen LogP contribution is -2.17. The van der Waals surface area contributed by atoms with Gasteiger partial charge in [-0.3, -0.25) is 4.79 Å². The number of hydrogen-bond acceptors (Lipinski definition) is 2. The quantitative estimate of drug-likeness (QED) is 0.756. The summed E-state index contributed by atoms with van der Waals surface area (Å²) in [6, 6.07) is 3.24. The Labute approximate surface area is 129 Å². The molecule has 7 heteroatoms. The molecule has 0 atom stereocenters. The van der Waals surface area contributed by atoms with Gasteiger partial charge in [-0.15, -0.1) is 0 Å². The highest BCUT2D eigenvalue weighted by atomic mass is 127. The predicted octanol–water partition coefficient (Wildman–Crippen LogP) is 4.06. The minimum atomic E-state index is -4.43. The molecule has 1 amide bonds. The van der Waals surface area contributed by atoms with Gasteiger partial charge in [0.1, 0.15) is 0 Å². The molecular weight excluding hydrogens is 386 g/mol. The number of carbonyl (C=O) groups excluding carboxylic acids is 1. The maximum Gasteiger partial charge on any atom is 0.416 e. The van der Waals surface area contributed by atoms with Crippen molar-refractivity contribution in [2.45, 2.75) is 32.5 Å². The van der Waals surface area contributed by atoms with Gasteiger partial charge in [-0.05, 0) is 54.6 Å². The Morgan fingerprint density at radius 2 is 2.05 bits per heavy atom. The van der Waals surface area contributed by atoms with E-state index in [1.165, 1.54) is 6.07 Å². The van der Waals surface area contributed by atoms with E-state index >= 15 is 0 Å². The Balaban J connectivity index is 2.69. The van der Waals surface area contributed by atoms with Crippen molar-refractivity contribution in [3.05, 3.63) is 27.3 Å². The molecule has 0 saturated heterocycles. The van der Waals surface area contributed by atoms with Crippen LogP contribution in [0.25, 0.3) is 0 Å². The number of nitrogens with one attached hydrogen (secondary N) is 1. The Morgan fingerprint density at radius 1 is 1.40 bits per heavy atom. The fourth-order valence-corrected chi connectivity index (χ4v) is 1.87. The van der Waals surface area contributed by atoms with E-state index in [-0.39, 0.29) is 30.7 Å². The van der Waals surface area contributed by atoms with Crippen molar-refractivity contribution >= 4 is 34.2 Å². The second-order valence-electron chi connectivity index (χ2n) is 4.41. The summed E-state index contributed by atoms with van der Waals surface area (Å²) in [6.07, 6.45) is -4.31. The lowest BCUT2D eigenvalue weighted by atomic mass is 10.2. The molecule has 1 aromatic rings. The van der Waals surface area contributed by atoms with Gasteiger partial charge in [0, 0.05) is 3.57 Å². The van der Waals surface area contributed by atoms with E-state index in [1.54, 1.807) is 0 Å². The summed E-state index contributed by atoms with van der Waals surface area (Å²) in [5, 5.41) is 2.47. The summed E-state index contributed by atoms with van der Waals surface area (Å²) in [5.74, 6) is -0.372. The fourth-order valence-electron chi connectivity index (χ4n) is 1.40. The smallest absolute Gasteiger partial charge is 0.378 e. The summed E-state index contributed by atoms with van der Waals surface area (Å²) in [5.41, 5.74) is -0.624. The summed E-state index contributed by atoms with van der Waals surface area (Å²) < 4.78 is 43.5. The summed E-state index contributed by atoms with van der Waals surface area (Å²) >= 11 is 1.87. The second-order valence-corrected chi connectivity index (χ2v) is 5.57. The highest BCUT2D eigenvalue weighted by molar-refractivity contribution is 14.1. The molecule has 0 aliphatic heterocycles. The number of benzene rings is 1. The van der Waals surface area contributed by atoms with Crippen LogP contribution in [0.3, 0.4) is 0 Å². The number of carbonyl (C=O) groups is 1. The van der Waals surface area contributed by atoms with Gasteiger partial charge in [0.05, 0.1) is 30.4 Å². The van der Waals surface area contributed by atoms with Crippen LogP contribution < -0.4 is 5.32 Å². The van der Waals surface area contributed by atoms with Crippen LogP contribution in [0.15, 0.2) is 18.2 Å². The van der Waals surface area contributed by atoms with Gasteiger partial charge in [-0.1, -0.05) is 0 Å². The predicted molar refractivity (Wildman–Crippen MR) is 78.5 cm³/mol. The molecule has 0 saturated carbocycles. The number of halogens is 4. The second kappa shape index (κ2) is 7.26. The average Bonchev–Trinajstić information content (AvgIpc) is 2.30. The van der Waals surface area contributed by atoms with E-state index in [9.17, 15) is 18.0 Å². The molecule has 1 aromatic carbocycles. The van der Waals surface area contributed by atoms with Gasteiger partial charge < -0.3 is 10.1 Å². The van der Waals surface area contributed by atoms with Crippen molar-refractivity contribution in [3.63, 3.8) is 0 Å². The van der Waals surface area contributed by atoms with Crippen molar-refractivity contribution < 1.29 is 22.7 Å². The Bertz CT molecular complexity index is 475. The van der Waals surface area contributed by atoms with Crippen molar-refractivity contribution in [1.82, 2.24) is 0 Å². The molecule has 0 bridgehead atoms. The SMILES string of the molecule is CC(C)OCCC(=O)Nc1cc(C(F)(F)F)ccc1I. The van der Waals surface area contributed by atoms with Crippen LogP contribution in [-0.4, -0.2) is 18.6 Å². The number of amides is 1. The minimum absolute atomic E-state index is 0.0106. The van der Waals surface area contributed by atoms with E-state index < -0.39 is 11.7 Å². The first-order valence-electron chi connectivity index (χ1n) is 5.98. The van der Waals surface area contributed by atoms with Gasteiger partial charge in [0.25, 0.3) is 0 Å². The molecule has 112 valence electrons. The number of ether oxygens (including phenoxy) is 1. The molecule has 0 fully saturated rings. The Morgan fingerprint density at radius 3 is 2.60 bits per heavy atom. The molecule has 1 rings (SSSR count). The third-order valence-corrected chi connectivity index (χ3v) is 3.29. The maximum absolute atomic E-state index is 12.6. The number of rotatable bonds is 5. The van der Waals surface area contributed by atoms with E-state index in [2.05, 4.69) is 5.32 Å². The first-order chi connectivity index (χ1) is 9.20. The zero-order valence-corrected chi connectivity index (χ0v) is 13.2. The van der Waals surface area contributed by atoms with Crippen LogP contribution in [0.5, 0.6) is 0 Å². The van der Waals surface area contributed by atoms with Crippen LogP contribution in [0, 0.1) is 3.57 Å². The number of hydrogen-bond donors (Lipinski definition) is 1. The van der Waals surface area contributed by atoms with Crippen LogP contribution >= 0.6 is 22.6 Å². The monoisotopic (exact) mass is 401 g/mol. The first-order valence-corrected chi connectivity index (χ1v) is 7.06. The average molecular weight is 401 g/mol. The van der Waals surface area contributed by atoms with Crippen LogP contribution in [0.4, 0.5) is 18.9 Å². The maximum atomic E-state index is 12.6. The Hall–Kier alpha value is -0.830. The molecule has 20 heavy (non-hydrogen) atoms. The zero-order valence-electron chi connectivity index (χ0n) is 11.1. The normalized spacial score (nSPS) is 11.8. The zero-order chi connectivity index (χ0) is 15.3. The molecule has 0 radical (unpaired) electrons. The van der Waals surface area contributed by atoms with Gasteiger partial charge in [-0.2, -0.15) is 13.2 Å². The third kappa shape index (κ3) is 5.66. The Kier molecular flexibility index (Phi) is 6.25. The third-order valence-electron chi connectivity index (χ3n) is 2.35. The topological polar surface area (TPSA) is 38.3 Å². The van der Waals surface area contributed by atoms with E-state index in [4.69, 9.17) is 4.74 Å². The molecule has 0 aliphatic carbocycles. The van der Waals surface area contributed by atoms with Gasteiger partial charge in [0.2, 0.25) is 5.91 Å². The summed E-state index contributed by atoms with van der Waals surface area (Å²) in [6.45, 7) is 3.92. The molecule has 0 aliphatic rings. The molecule has 0 heterocycles. The van der Waals surface area contributed by atoms with E-state index in [0.29, 0.717) is 3.57 Å². The van der Waals surface area contributed by atoms with Gasteiger partial charge >= 0.3 is 6.18 Å². The van der Waals surface area contributed by atoms with E-state index in [1.807, 2.05) is 36.4 Å². The molecule has 1 N–H and O–H groups in total. The van der Waals surface area contributed by atoms with Crippen LogP contribution in [0.2, 0.25) is 0 Å². The summed E-state index contributed by atoms with van der Waals surface area (Å²) in [7, 11) is 0. The molecule has 0 unspecified atom stereocenters. The molecular formula is C13H15F3INO2.